The molecule has 0 amide bonds. The molecule has 0 saturated carbocycles. The number of rotatable bonds is 8. The van der Waals surface area contributed by atoms with Crippen LogP contribution in [0.2, 0.25) is 0 Å². The maximum Gasteiger partial charge on any atom is 0.232 e. The standard InChI is InChI=1S/C22H22F2N2O4S/c1-4-31(27,28)26-17-6-8-21(30-22-7-5-16(23)11-20(22)24)19(12-17)15-9-14(2)25-18(10-15)13-29-3/h5-12,26H,4,13H2,1-3H3. The molecule has 3 aromatic rings. The number of aromatic nitrogens is 1. The van der Waals surface area contributed by atoms with E-state index in [1.165, 1.54) is 25.1 Å². The van der Waals surface area contributed by atoms with E-state index in [0.29, 0.717) is 28.2 Å². The van der Waals surface area contributed by atoms with Crippen molar-refractivity contribution in [1.82, 2.24) is 4.98 Å². The molecule has 1 aromatic heterocycles. The van der Waals surface area contributed by atoms with Crippen molar-refractivity contribution in [3.05, 3.63) is 71.6 Å². The van der Waals surface area contributed by atoms with E-state index in [1.54, 1.807) is 25.3 Å². The third-order valence-electron chi connectivity index (χ3n) is 4.36. The Labute approximate surface area is 179 Å². The number of hydrogen-bond acceptors (Lipinski definition) is 5. The van der Waals surface area contributed by atoms with E-state index in [9.17, 15) is 17.2 Å². The van der Waals surface area contributed by atoms with E-state index < -0.39 is 21.7 Å². The zero-order valence-electron chi connectivity index (χ0n) is 17.3. The van der Waals surface area contributed by atoms with Gasteiger partial charge >= 0.3 is 0 Å². The van der Waals surface area contributed by atoms with Gasteiger partial charge < -0.3 is 9.47 Å². The van der Waals surface area contributed by atoms with Gasteiger partial charge in [-0.25, -0.2) is 17.2 Å². The summed E-state index contributed by atoms with van der Waals surface area (Å²) in [5.74, 6) is -1.56. The molecule has 1 N–H and O–H groups in total. The maximum absolute atomic E-state index is 14.2. The van der Waals surface area contributed by atoms with Crippen molar-refractivity contribution in [2.75, 3.05) is 17.6 Å². The van der Waals surface area contributed by atoms with Gasteiger partial charge in [0, 0.05) is 30.1 Å². The number of nitrogens with zero attached hydrogens (tertiary/aromatic N) is 1. The van der Waals surface area contributed by atoms with E-state index in [1.807, 2.05) is 6.92 Å². The smallest absolute Gasteiger partial charge is 0.232 e. The molecule has 2 aromatic carbocycles. The second-order valence-corrected chi connectivity index (χ2v) is 8.83. The lowest BCUT2D eigenvalue weighted by Gasteiger charge is -2.16. The Balaban J connectivity index is 2.12. The third kappa shape index (κ3) is 5.77. The molecule has 3 rings (SSSR count). The zero-order chi connectivity index (χ0) is 22.6. The number of sulfonamides is 1. The van der Waals surface area contributed by atoms with Crippen LogP contribution in [0.15, 0.2) is 48.5 Å². The molecule has 0 aliphatic carbocycles. The number of methoxy groups -OCH3 is 1. The van der Waals surface area contributed by atoms with Crippen LogP contribution >= 0.6 is 0 Å². The van der Waals surface area contributed by atoms with Gasteiger partial charge in [-0.2, -0.15) is 0 Å². The van der Waals surface area contributed by atoms with Gasteiger partial charge in [0.05, 0.1) is 18.1 Å². The number of hydrogen-bond donors (Lipinski definition) is 1. The quantitative estimate of drug-likeness (QED) is 0.523. The molecule has 0 spiro atoms. The summed E-state index contributed by atoms with van der Waals surface area (Å²) in [5, 5.41) is 0. The van der Waals surface area contributed by atoms with Gasteiger partial charge in [-0.05, 0) is 61.9 Å². The van der Waals surface area contributed by atoms with Gasteiger partial charge in [0.1, 0.15) is 11.6 Å². The summed E-state index contributed by atoms with van der Waals surface area (Å²) in [5.41, 5.74) is 2.88. The monoisotopic (exact) mass is 448 g/mol. The van der Waals surface area contributed by atoms with Crippen LogP contribution in [0.1, 0.15) is 18.3 Å². The molecule has 0 atom stereocenters. The summed E-state index contributed by atoms with van der Waals surface area (Å²) in [6.07, 6.45) is 0. The molecule has 0 radical (unpaired) electrons. The highest BCUT2D eigenvalue weighted by molar-refractivity contribution is 7.92. The molecule has 9 heteroatoms. The van der Waals surface area contributed by atoms with Crippen molar-refractivity contribution in [2.24, 2.45) is 0 Å². The molecular formula is C22H22F2N2O4S. The Morgan fingerprint density at radius 1 is 1.03 bits per heavy atom. The predicted octanol–water partition coefficient (Wildman–Crippen LogP) is 5.04. The van der Waals surface area contributed by atoms with Crippen molar-refractivity contribution in [3.63, 3.8) is 0 Å². The van der Waals surface area contributed by atoms with Crippen molar-refractivity contribution >= 4 is 15.7 Å². The number of aryl methyl sites for hydroxylation is 1. The Hall–Kier alpha value is -3.04. The first kappa shape index (κ1) is 22.6. The molecule has 0 unspecified atom stereocenters. The Kier molecular flexibility index (Phi) is 6.87. The number of benzene rings is 2. The van der Waals surface area contributed by atoms with Crippen LogP contribution in [0.4, 0.5) is 14.5 Å². The van der Waals surface area contributed by atoms with Crippen molar-refractivity contribution in [1.29, 1.82) is 0 Å². The minimum atomic E-state index is -3.50. The maximum atomic E-state index is 14.2. The van der Waals surface area contributed by atoms with E-state index in [-0.39, 0.29) is 23.9 Å². The van der Waals surface area contributed by atoms with Crippen LogP contribution in [-0.4, -0.2) is 26.3 Å². The van der Waals surface area contributed by atoms with Gasteiger partial charge in [0.2, 0.25) is 10.0 Å². The summed E-state index contributed by atoms with van der Waals surface area (Å²) in [4.78, 5) is 4.40. The highest BCUT2D eigenvalue weighted by Gasteiger charge is 2.15. The highest BCUT2D eigenvalue weighted by Crippen LogP contribution is 2.37. The second kappa shape index (κ2) is 9.40. The molecule has 0 aliphatic heterocycles. The van der Waals surface area contributed by atoms with Gasteiger partial charge in [-0.1, -0.05) is 0 Å². The van der Waals surface area contributed by atoms with Crippen LogP contribution in [-0.2, 0) is 21.4 Å². The average Bonchev–Trinajstić information content (AvgIpc) is 2.70. The Morgan fingerprint density at radius 2 is 1.77 bits per heavy atom. The molecule has 0 bridgehead atoms. The molecule has 1 heterocycles. The summed E-state index contributed by atoms with van der Waals surface area (Å²) in [6, 6.07) is 11.2. The predicted molar refractivity (Wildman–Crippen MR) is 115 cm³/mol. The summed E-state index contributed by atoms with van der Waals surface area (Å²) in [6.45, 7) is 3.62. The Bertz CT molecular complexity index is 1200. The van der Waals surface area contributed by atoms with E-state index in [0.717, 1.165) is 12.1 Å². The lowest BCUT2D eigenvalue weighted by atomic mass is 10.0. The largest absolute Gasteiger partial charge is 0.454 e. The fourth-order valence-corrected chi connectivity index (χ4v) is 3.58. The van der Waals surface area contributed by atoms with Crippen molar-refractivity contribution in [3.8, 4) is 22.6 Å². The first-order valence-electron chi connectivity index (χ1n) is 9.45. The molecule has 6 nitrogen and oxygen atoms in total. The lowest BCUT2D eigenvalue weighted by Crippen LogP contribution is -2.14. The first-order chi connectivity index (χ1) is 14.7. The van der Waals surface area contributed by atoms with E-state index in [2.05, 4.69) is 9.71 Å². The van der Waals surface area contributed by atoms with Crippen LogP contribution in [0.3, 0.4) is 0 Å². The van der Waals surface area contributed by atoms with Crippen LogP contribution in [0.25, 0.3) is 11.1 Å². The summed E-state index contributed by atoms with van der Waals surface area (Å²) < 4.78 is 64.8. The Morgan fingerprint density at radius 3 is 2.45 bits per heavy atom. The van der Waals surface area contributed by atoms with Crippen molar-refractivity contribution < 1.29 is 26.7 Å². The minimum Gasteiger partial charge on any atom is -0.454 e. The topological polar surface area (TPSA) is 77.5 Å². The van der Waals surface area contributed by atoms with E-state index >= 15 is 0 Å². The SMILES string of the molecule is CCS(=O)(=O)Nc1ccc(Oc2ccc(F)cc2F)c(-c2cc(C)nc(COC)c2)c1. The number of nitrogens with one attached hydrogen (secondary N) is 1. The van der Waals surface area contributed by atoms with Crippen molar-refractivity contribution in [2.45, 2.75) is 20.5 Å². The van der Waals surface area contributed by atoms with Gasteiger partial charge in [-0.3, -0.25) is 9.71 Å². The molecular weight excluding hydrogens is 426 g/mol. The van der Waals surface area contributed by atoms with Crippen LogP contribution in [0.5, 0.6) is 11.5 Å². The van der Waals surface area contributed by atoms with Crippen LogP contribution in [0, 0.1) is 18.6 Å². The van der Waals surface area contributed by atoms with Gasteiger partial charge in [-0.15, -0.1) is 0 Å². The van der Waals surface area contributed by atoms with Gasteiger partial charge in [0.15, 0.2) is 11.6 Å². The number of ether oxygens (including phenoxy) is 2. The highest BCUT2D eigenvalue weighted by atomic mass is 32.2. The molecule has 31 heavy (non-hydrogen) atoms. The second-order valence-electron chi connectivity index (χ2n) is 6.81. The summed E-state index contributed by atoms with van der Waals surface area (Å²) >= 11 is 0. The molecule has 0 saturated heterocycles. The lowest BCUT2D eigenvalue weighted by molar-refractivity contribution is 0.181. The molecule has 164 valence electrons. The summed E-state index contributed by atoms with van der Waals surface area (Å²) in [7, 11) is -1.95. The normalized spacial score (nSPS) is 11.4. The minimum absolute atomic E-state index is 0.0896. The molecule has 0 fully saturated rings. The van der Waals surface area contributed by atoms with Crippen LogP contribution < -0.4 is 9.46 Å². The molecule has 0 aliphatic rings. The number of pyridine rings is 1. The fraction of sp³-hybridized carbons (Fsp3) is 0.227. The first-order valence-corrected chi connectivity index (χ1v) is 11.1. The zero-order valence-corrected chi connectivity index (χ0v) is 18.1. The number of halogens is 2. The third-order valence-corrected chi connectivity index (χ3v) is 5.66. The fourth-order valence-electron chi connectivity index (χ4n) is 2.95. The van der Waals surface area contributed by atoms with Gasteiger partial charge in [0.25, 0.3) is 0 Å². The number of anilines is 1. The van der Waals surface area contributed by atoms with E-state index in [4.69, 9.17) is 9.47 Å². The average molecular weight is 448 g/mol.